The number of carboxylic acid groups (broad SMARTS) is 1. The van der Waals surface area contributed by atoms with E-state index in [1.807, 2.05) is 21.1 Å². The number of carbonyl (C=O) groups is 3. The predicted molar refractivity (Wildman–Crippen MR) is 388 cm³/mol. The lowest BCUT2D eigenvalue weighted by Crippen LogP contribution is -2.44. The van der Waals surface area contributed by atoms with Crippen molar-refractivity contribution >= 4 is 17.9 Å². The van der Waals surface area contributed by atoms with Crippen LogP contribution in [-0.4, -0.2) is 82.3 Å². The number of ether oxygens (including phenoxy) is 4. The topological polar surface area (TPSA) is 111 Å². The molecule has 0 bridgehead atoms. The van der Waals surface area contributed by atoms with Crippen LogP contribution >= 0.6 is 0 Å². The average molecular weight is 1250 g/mol. The van der Waals surface area contributed by atoms with Crippen LogP contribution in [-0.2, 0) is 33.3 Å². The van der Waals surface area contributed by atoms with Crippen LogP contribution < -0.4 is 5.11 Å². The molecule has 0 aliphatic heterocycles. The SMILES string of the molecule is CC/C=C\C/C=C\C/C=C\C/C=C\C/C=C\C/C=C\C/C=C\C/C=C\C/C=C\C/C=C\C/C=C\CCCCCCCCCC(=O)OC(COC(=O)CCCCCCCC/C=C\C/C=C\C/C=C\C/C=C\C/C=C\C/C=C\CC)COC(OCC[N+](C)(C)C)C(=O)[O-]. The minimum absolute atomic E-state index is 0.131. The van der Waals surface area contributed by atoms with E-state index in [0.717, 1.165) is 180 Å². The fourth-order valence-corrected chi connectivity index (χ4v) is 8.72. The standard InChI is InChI=1S/C82H127NO8/c1-6-8-10-12-14-16-18-20-22-24-26-28-30-32-33-34-35-36-37-38-39-40-41-42-43-44-45-46-47-49-51-53-55-57-59-61-63-65-67-69-71-73-80(85)91-78(77-90-82(81(86)87)88-75-74-83(3,4)5)76-89-79(84)72-70-68-66-64-62-60-58-56-54-52-50-48-31-29-27-25-23-21-19-17-15-13-11-9-7-2/h8-11,14-17,20-23,26-29,32-33,35-36,38-39,41-42,44-45,47-50,53-56,78,82H,6-7,12-13,18-19,24-25,30-31,34,37,40,43,46,51-52,57-77H2,1-5H3/b10-8-,11-9-,16-14-,17-15-,22-20-,23-21-,28-26-,29-27-,33-32-,36-35-,39-38-,42-41-,45-44-,49-47-,50-48-,55-53-,56-54-. The van der Waals surface area contributed by atoms with Gasteiger partial charge in [-0.05, 0) is 148 Å². The number of aliphatic carboxylic acids is 1. The number of likely N-dealkylation sites (N-methyl/N-ethyl adjacent to an activating group) is 1. The summed E-state index contributed by atoms with van der Waals surface area (Å²) >= 11 is 0. The van der Waals surface area contributed by atoms with Crippen molar-refractivity contribution in [3.05, 3.63) is 207 Å². The van der Waals surface area contributed by atoms with Gasteiger partial charge in [-0.3, -0.25) is 9.59 Å². The third-order valence-corrected chi connectivity index (χ3v) is 14.0. The summed E-state index contributed by atoms with van der Waals surface area (Å²) in [6, 6.07) is 0. The monoisotopic (exact) mass is 1250 g/mol. The smallest absolute Gasteiger partial charge is 0.306 e. The molecule has 508 valence electrons. The predicted octanol–water partition coefficient (Wildman–Crippen LogP) is 21.0. The zero-order chi connectivity index (χ0) is 66.1. The number of hydrogen-bond donors (Lipinski definition) is 0. The molecule has 0 rings (SSSR count). The second-order valence-electron chi connectivity index (χ2n) is 23.7. The molecule has 0 spiro atoms. The normalized spacial score (nSPS) is 14.0. The Morgan fingerprint density at radius 2 is 0.593 bits per heavy atom. The molecule has 0 amide bonds. The quantitative estimate of drug-likeness (QED) is 0.0195. The highest BCUT2D eigenvalue weighted by molar-refractivity contribution is 5.70. The summed E-state index contributed by atoms with van der Waals surface area (Å²) in [5.74, 6) is -2.34. The van der Waals surface area contributed by atoms with Crippen LogP contribution in [0.1, 0.15) is 232 Å². The van der Waals surface area contributed by atoms with Gasteiger partial charge in [0.2, 0.25) is 0 Å². The van der Waals surface area contributed by atoms with Gasteiger partial charge in [0.25, 0.3) is 0 Å². The lowest BCUT2D eigenvalue weighted by atomic mass is 10.1. The average Bonchev–Trinajstić information content (AvgIpc) is 3.53. The van der Waals surface area contributed by atoms with Gasteiger partial charge in [0.05, 0.1) is 40.3 Å². The Labute approximate surface area is 556 Å². The van der Waals surface area contributed by atoms with E-state index in [1.54, 1.807) is 0 Å². The molecule has 2 atom stereocenters. The molecule has 0 aromatic rings. The van der Waals surface area contributed by atoms with E-state index in [4.69, 9.17) is 18.9 Å². The van der Waals surface area contributed by atoms with Gasteiger partial charge >= 0.3 is 11.9 Å². The largest absolute Gasteiger partial charge is 0.545 e. The molecule has 0 aliphatic carbocycles. The van der Waals surface area contributed by atoms with Crippen molar-refractivity contribution in [2.45, 2.75) is 245 Å². The Balaban J connectivity index is 4.25. The Morgan fingerprint density at radius 1 is 0.330 bits per heavy atom. The van der Waals surface area contributed by atoms with Crippen LogP contribution in [0.4, 0.5) is 0 Å². The summed E-state index contributed by atoms with van der Waals surface area (Å²) in [4.78, 5) is 37.5. The Morgan fingerprint density at radius 3 is 0.879 bits per heavy atom. The zero-order valence-electron chi connectivity index (χ0n) is 57.9. The van der Waals surface area contributed by atoms with Gasteiger partial charge in [0, 0.05) is 12.8 Å². The number of unbranched alkanes of at least 4 members (excludes halogenated alkanes) is 13. The summed E-state index contributed by atoms with van der Waals surface area (Å²) in [6.45, 7) is 4.46. The maximum absolute atomic E-state index is 12.9. The number of nitrogens with zero attached hydrogens (tertiary/aromatic N) is 1. The van der Waals surface area contributed by atoms with Gasteiger partial charge in [0.15, 0.2) is 12.4 Å². The van der Waals surface area contributed by atoms with Gasteiger partial charge in [-0.2, -0.15) is 0 Å². The van der Waals surface area contributed by atoms with Crippen molar-refractivity contribution in [3.63, 3.8) is 0 Å². The van der Waals surface area contributed by atoms with Gasteiger partial charge in [-0.25, -0.2) is 0 Å². The molecule has 0 saturated heterocycles. The zero-order valence-corrected chi connectivity index (χ0v) is 57.9. The van der Waals surface area contributed by atoms with Crippen LogP contribution in [0.3, 0.4) is 0 Å². The van der Waals surface area contributed by atoms with Crippen molar-refractivity contribution in [1.29, 1.82) is 0 Å². The van der Waals surface area contributed by atoms with Crippen LogP contribution in [0, 0.1) is 0 Å². The first-order valence-electron chi connectivity index (χ1n) is 35.2. The molecular weight excluding hydrogens is 1130 g/mol. The van der Waals surface area contributed by atoms with Crippen LogP contribution in [0.15, 0.2) is 207 Å². The Kier molecular flexibility index (Phi) is 65.1. The van der Waals surface area contributed by atoms with E-state index >= 15 is 0 Å². The summed E-state index contributed by atoms with van der Waals surface area (Å²) in [6.07, 6.45) is 106. The highest BCUT2D eigenvalue weighted by Crippen LogP contribution is 2.14. The number of carboxylic acids is 1. The van der Waals surface area contributed by atoms with Gasteiger partial charge in [-0.1, -0.05) is 278 Å². The lowest BCUT2D eigenvalue weighted by molar-refractivity contribution is -0.870. The fourth-order valence-electron chi connectivity index (χ4n) is 8.72. The Bertz CT molecular complexity index is 2250. The maximum Gasteiger partial charge on any atom is 0.306 e. The first kappa shape index (κ1) is 84.9. The Hall–Kier alpha value is -6.13. The lowest BCUT2D eigenvalue weighted by Gasteiger charge is -2.26. The maximum atomic E-state index is 12.9. The second kappa shape index (κ2) is 69.8. The van der Waals surface area contributed by atoms with E-state index in [2.05, 4.69) is 220 Å². The molecule has 0 fully saturated rings. The number of allylic oxidation sites excluding steroid dienone is 34. The van der Waals surface area contributed by atoms with E-state index in [1.165, 1.54) is 12.8 Å². The molecule has 9 heteroatoms. The van der Waals surface area contributed by atoms with Crippen LogP contribution in [0.25, 0.3) is 0 Å². The molecule has 0 radical (unpaired) electrons. The first-order valence-corrected chi connectivity index (χ1v) is 35.2. The molecule has 0 heterocycles. The number of esters is 2. The third kappa shape index (κ3) is 71.2. The van der Waals surface area contributed by atoms with Crippen LogP contribution in [0.2, 0.25) is 0 Å². The molecule has 0 aliphatic rings. The van der Waals surface area contributed by atoms with E-state index < -0.39 is 24.3 Å². The molecule has 0 N–H and O–H groups in total. The molecule has 9 nitrogen and oxygen atoms in total. The number of quaternary nitrogens is 1. The molecule has 0 saturated carbocycles. The van der Waals surface area contributed by atoms with Crippen LogP contribution in [0.5, 0.6) is 0 Å². The number of hydrogen-bond acceptors (Lipinski definition) is 8. The second-order valence-corrected chi connectivity index (χ2v) is 23.7. The highest BCUT2D eigenvalue weighted by Gasteiger charge is 2.22. The summed E-state index contributed by atoms with van der Waals surface area (Å²) in [7, 11) is 5.90. The van der Waals surface area contributed by atoms with Crippen molar-refractivity contribution in [2.75, 3.05) is 47.5 Å². The van der Waals surface area contributed by atoms with Gasteiger partial charge in [-0.15, -0.1) is 0 Å². The molecule has 2 unspecified atom stereocenters. The van der Waals surface area contributed by atoms with E-state index in [0.29, 0.717) is 23.9 Å². The van der Waals surface area contributed by atoms with E-state index in [9.17, 15) is 19.5 Å². The minimum Gasteiger partial charge on any atom is -0.545 e. The molecule has 0 aromatic heterocycles. The summed E-state index contributed by atoms with van der Waals surface area (Å²) in [5, 5.41) is 11.8. The van der Waals surface area contributed by atoms with Gasteiger partial charge < -0.3 is 33.3 Å². The first-order chi connectivity index (χ1) is 44.6. The highest BCUT2D eigenvalue weighted by atomic mass is 16.7. The fraction of sp³-hybridized carbons (Fsp3) is 0.549. The van der Waals surface area contributed by atoms with E-state index in [-0.39, 0.29) is 38.6 Å². The van der Waals surface area contributed by atoms with Crippen molar-refractivity contribution in [2.24, 2.45) is 0 Å². The summed E-state index contributed by atoms with van der Waals surface area (Å²) < 4.78 is 22.7. The van der Waals surface area contributed by atoms with Crippen molar-refractivity contribution in [1.82, 2.24) is 0 Å². The number of carbonyl (C=O) groups excluding carboxylic acids is 3. The van der Waals surface area contributed by atoms with Gasteiger partial charge in [0.1, 0.15) is 13.2 Å². The van der Waals surface area contributed by atoms with Crippen molar-refractivity contribution in [3.8, 4) is 0 Å². The summed E-state index contributed by atoms with van der Waals surface area (Å²) in [5.41, 5.74) is 0. The molecular formula is C82H127NO8. The minimum atomic E-state index is -1.64. The van der Waals surface area contributed by atoms with Crippen molar-refractivity contribution < 1.29 is 42.9 Å². The third-order valence-electron chi connectivity index (χ3n) is 14.0. The number of rotatable bonds is 62. The molecule has 0 aromatic carbocycles. The molecule has 91 heavy (non-hydrogen) atoms.